The summed E-state index contributed by atoms with van der Waals surface area (Å²) in [5.74, 6) is 0.0153. The number of amides is 2. The van der Waals surface area contributed by atoms with Gasteiger partial charge in [-0.15, -0.1) is 0 Å². The predicted octanol–water partition coefficient (Wildman–Crippen LogP) is 2.96. The Labute approximate surface area is 186 Å². The number of carbonyl (C=O) groups is 2. The summed E-state index contributed by atoms with van der Waals surface area (Å²) in [5.41, 5.74) is 1.91. The van der Waals surface area contributed by atoms with Gasteiger partial charge in [0, 0.05) is 37.1 Å². The van der Waals surface area contributed by atoms with Gasteiger partial charge in [-0.1, -0.05) is 19.3 Å². The third-order valence-corrected chi connectivity index (χ3v) is 6.58. The minimum atomic E-state index is -0.323. The topological polar surface area (TPSA) is 65.1 Å². The second kappa shape index (κ2) is 11.5. The fourth-order valence-corrected chi connectivity index (χ4v) is 4.56. The molecule has 1 N–H and O–H groups in total. The van der Waals surface area contributed by atoms with E-state index in [1.165, 1.54) is 19.3 Å². The summed E-state index contributed by atoms with van der Waals surface area (Å²) >= 11 is 0. The summed E-state index contributed by atoms with van der Waals surface area (Å²) in [4.78, 5) is 31.8. The predicted molar refractivity (Wildman–Crippen MR) is 124 cm³/mol. The van der Waals surface area contributed by atoms with E-state index in [2.05, 4.69) is 10.2 Å². The van der Waals surface area contributed by atoms with E-state index in [4.69, 9.17) is 4.74 Å². The smallest absolute Gasteiger partial charge is 0.239 e. The van der Waals surface area contributed by atoms with E-state index in [9.17, 15) is 9.59 Å². The first-order valence-electron chi connectivity index (χ1n) is 11.7. The van der Waals surface area contributed by atoms with E-state index < -0.39 is 0 Å². The molecule has 3 rings (SSSR count). The molecule has 172 valence electrons. The Hall–Kier alpha value is -2.12. The molecular formula is C24H38N4O3. The third-order valence-electron chi connectivity index (χ3n) is 6.58. The Bertz CT molecular complexity index is 712. The number of nitrogens with zero attached hydrogens (tertiary/aromatic N) is 3. The zero-order valence-electron chi connectivity index (χ0n) is 19.3. The van der Waals surface area contributed by atoms with Gasteiger partial charge in [0.2, 0.25) is 11.8 Å². The summed E-state index contributed by atoms with van der Waals surface area (Å²) in [5, 5.41) is 2.95. The Kier molecular flexibility index (Phi) is 8.72. The van der Waals surface area contributed by atoms with E-state index in [1.807, 2.05) is 55.0 Å². The largest absolute Gasteiger partial charge is 0.378 e. The molecule has 2 amide bonds. The lowest BCUT2D eigenvalue weighted by Gasteiger charge is -2.37. The summed E-state index contributed by atoms with van der Waals surface area (Å²) < 4.78 is 5.40. The first kappa shape index (κ1) is 23.5. The number of ether oxygens (including phenoxy) is 1. The van der Waals surface area contributed by atoms with Crippen molar-refractivity contribution in [2.24, 2.45) is 0 Å². The Balaban J connectivity index is 1.50. The average Bonchev–Trinajstić information content (AvgIpc) is 2.80. The van der Waals surface area contributed by atoms with Gasteiger partial charge in [-0.25, -0.2) is 0 Å². The number of carbonyl (C=O) groups excluding carboxylic acids is 2. The molecule has 0 spiro atoms. The quantitative estimate of drug-likeness (QED) is 0.687. The fourth-order valence-electron chi connectivity index (χ4n) is 4.56. The van der Waals surface area contributed by atoms with Crippen molar-refractivity contribution >= 4 is 23.2 Å². The summed E-state index contributed by atoms with van der Waals surface area (Å²) in [6.07, 6.45) is 5.86. The van der Waals surface area contributed by atoms with Crippen molar-refractivity contribution in [3.8, 4) is 0 Å². The molecule has 1 aromatic rings. The number of rotatable bonds is 8. The highest BCUT2D eigenvalue weighted by molar-refractivity contribution is 5.93. The second-order valence-corrected chi connectivity index (χ2v) is 8.70. The molecule has 1 aromatic carbocycles. The number of hydrogen-bond acceptors (Lipinski definition) is 5. The summed E-state index contributed by atoms with van der Waals surface area (Å²) in [6, 6.07) is 7.94. The molecule has 1 saturated carbocycles. The zero-order chi connectivity index (χ0) is 22.2. The molecule has 0 aromatic heterocycles. The molecule has 1 saturated heterocycles. The van der Waals surface area contributed by atoms with Crippen molar-refractivity contribution in [2.75, 3.05) is 56.7 Å². The van der Waals surface area contributed by atoms with Crippen molar-refractivity contribution in [3.05, 3.63) is 24.3 Å². The van der Waals surface area contributed by atoms with Gasteiger partial charge in [0.25, 0.3) is 0 Å². The van der Waals surface area contributed by atoms with Gasteiger partial charge in [0.1, 0.15) is 0 Å². The van der Waals surface area contributed by atoms with E-state index in [-0.39, 0.29) is 24.4 Å². The highest BCUT2D eigenvalue weighted by atomic mass is 16.5. The molecule has 1 aliphatic carbocycles. The van der Waals surface area contributed by atoms with Crippen LogP contribution in [0.5, 0.6) is 0 Å². The second-order valence-electron chi connectivity index (χ2n) is 8.70. The Morgan fingerprint density at radius 2 is 1.77 bits per heavy atom. The van der Waals surface area contributed by atoms with Crippen LogP contribution in [0.1, 0.15) is 46.0 Å². The highest BCUT2D eigenvalue weighted by Crippen LogP contribution is 2.23. The maximum absolute atomic E-state index is 13.1. The van der Waals surface area contributed by atoms with Crippen LogP contribution in [0.3, 0.4) is 0 Å². The van der Waals surface area contributed by atoms with Crippen LogP contribution >= 0.6 is 0 Å². The number of morpholine rings is 1. The molecule has 7 nitrogen and oxygen atoms in total. The minimum Gasteiger partial charge on any atom is -0.378 e. The SMILES string of the molecule is CCN(C(=O)[C@H](C)N(C)CC(=O)Nc1ccc(N2CCOCC2)cc1)C1CCCCC1. The van der Waals surface area contributed by atoms with Crippen LogP contribution in [0.4, 0.5) is 11.4 Å². The van der Waals surface area contributed by atoms with E-state index in [1.54, 1.807) is 0 Å². The highest BCUT2D eigenvalue weighted by Gasteiger charge is 2.29. The molecular weight excluding hydrogens is 392 g/mol. The lowest BCUT2D eigenvalue weighted by Crippen LogP contribution is -2.51. The first-order chi connectivity index (χ1) is 15.0. The average molecular weight is 431 g/mol. The molecule has 31 heavy (non-hydrogen) atoms. The maximum atomic E-state index is 13.1. The van der Waals surface area contributed by atoms with Gasteiger partial charge in [-0.05, 0) is 58.0 Å². The van der Waals surface area contributed by atoms with Crippen molar-refractivity contribution in [1.82, 2.24) is 9.80 Å². The van der Waals surface area contributed by atoms with Crippen molar-refractivity contribution in [3.63, 3.8) is 0 Å². The maximum Gasteiger partial charge on any atom is 0.239 e. The van der Waals surface area contributed by atoms with Crippen LogP contribution in [0.2, 0.25) is 0 Å². The van der Waals surface area contributed by atoms with Crippen molar-refractivity contribution in [2.45, 2.75) is 58.0 Å². The molecule has 0 unspecified atom stereocenters. The van der Waals surface area contributed by atoms with Crippen LogP contribution in [0.25, 0.3) is 0 Å². The molecule has 0 bridgehead atoms. The van der Waals surface area contributed by atoms with Crippen LogP contribution in [0, 0.1) is 0 Å². The number of nitrogens with one attached hydrogen (secondary N) is 1. The lowest BCUT2D eigenvalue weighted by atomic mass is 9.93. The van der Waals surface area contributed by atoms with Gasteiger partial charge in [0.15, 0.2) is 0 Å². The van der Waals surface area contributed by atoms with Crippen LogP contribution in [-0.2, 0) is 14.3 Å². The summed E-state index contributed by atoms with van der Waals surface area (Å²) in [6.45, 7) is 8.13. The Morgan fingerprint density at radius 1 is 1.13 bits per heavy atom. The molecule has 1 aliphatic heterocycles. The van der Waals surface area contributed by atoms with E-state index in [0.29, 0.717) is 6.04 Å². The van der Waals surface area contributed by atoms with E-state index >= 15 is 0 Å². The number of benzene rings is 1. The van der Waals surface area contributed by atoms with Gasteiger partial charge in [-0.3, -0.25) is 14.5 Å². The molecule has 0 radical (unpaired) electrons. The van der Waals surface area contributed by atoms with Gasteiger partial charge in [0.05, 0.1) is 25.8 Å². The van der Waals surface area contributed by atoms with Gasteiger partial charge < -0.3 is 19.9 Å². The zero-order valence-corrected chi connectivity index (χ0v) is 19.3. The molecule has 1 atom stereocenters. The summed E-state index contributed by atoms with van der Waals surface area (Å²) in [7, 11) is 1.85. The van der Waals surface area contributed by atoms with Crippen molar-refractivity contribution in [1.29, 1.82) is 0 Å². The molecule has 1 heterocycles. The normalized spacial score (nSPS) is 18.6. The molecule has 7 heteroatoms. The molecule has 2 fully saturated rings. The fraction of sp³-hybridized carbons (Fsp3) is 0.667. The van der Waals surface area contributed by atoms with Crippen LogP contribution in [0.15, 0.2) is 24.3 Å². The lowest BCUT2D eigenvalue weighted by molar-refractivity contribution is -0.139. The van der Waals surface area contributed by atoms with Crippen molar-refractivity contribution < 1.29 is 14.3 Å². The monoisotopic (exact) mass is 430 g/mol. The standard InChI is InChI=1S/C24H38N4O3/c1-4-28(22-8-6-5-7-9-22)24(30)19(2)26(3)18-23(29)25-20-10-12-21(13-11-20)27-14-16-31-17-15-27/h10-13,19,22H,4-9,14-18H2,1-3H3,(H,25,29)/t19-/m0/s1. The first-order valence-corrected chi connectivity index (χ1v) is 11.7. The van der Waals surface area contributed by atoms with E-state index in [0.717, 1.165) is 57.1 Å². The minimum absolute atomic E-state index is 0.109. The number of anilines is 2. The number of hydrogen-bond donors (Lipinski definition) is 1. The van der Waals surface area contributed by atoms with Crippen LogP contribution < -0.4 is 10.2 Å². The van der Waals surface area contributed by atoms with Gasteiger partial charge >= 0.3 is 0 Å². The Morgan fingerprint density at radius 3 is 2.39 bits per heavy atom. The molecule has 2 aliphatic rings. The third kappa shape index (κ3) is 6.43. The number of likely N-dealkylation sites (N-methyl/N-ethyl adjacent to an activating group) is 2. The van der Waals surface area contributed by atoms with Crippen LogP contribution in [-0.4, -0.2) is 80.1 Å². The van der Waals surface area contributed by atoms with Gasteiger partial charge in [-0.2, -0.15) is 0 Å².